The summed E-state index contributed by atoms with van der Waals surface area (Å²) in [6.45, 7) is 7.23. The summed E-state index contributed by atoms with van der Waals surface area (Å²) in [6.07, 6.45) is 5.46. The Hall–Kier alpha value is -1.36. The van der Waals surface area contributed by atoms with Gasteiger partial charge >= 0.3 is 0 Å². The first-order chi connectivity index (χ1) is 10.1. The summed E-state index contributed by atoms with van der Waals surface area (Å²) in [5.74, 6) is 1.60. The van der Waals surface area contributed by atoms with Crippen molar-refractivity contribution in [3.8, 4) is 0 Å². The van der Waals surface area contributed by atoms with Gasteiger partial charge in [-0.25, -0.2) is 0 Å². The molecule has 3 atom stereocenters. The van der Waals surface area contributed by atoms with Gasteiger partial charge in [0.1, 0.15) is 0 Å². The second-order valence-corrected chi connectivity index (χ2v) is 7.31. The molecule has 114 valence electrons. The second-order valence-electron chi connectivity index (χ2n) is 7.31. The van der Waals surface area contributed by atoms with Gasteiger partial charge in [0.05, 0.1) is 11.7 Å². The van der Waals surface area contributed by atoms with Crippen molar-refractivity contribution >= 4 is 5.91 Å². The molecule has 3 aliphatic rings. The van der Waals surface area contributed by atoms with Crippen molar-refractivity contribution in [1.29, 1.82) is 0 Å². The summed E-state index contributed by atoms with van der Waals surface area (Å²) < 4.78 is 2.11. The fourth-order valence-corrected chi connectivity index (χ4v) is 4.21. The van der Waals surface area contributed by atoms with E-state index in [2.05, 4.69) is 34.3 Å². The van der Waals surface area contributed by atoms with Gasteiger partial charge in [-0.3, -0.25) is 9.48 Å². The minimum absolute atomic E-state index is 0.229. The molecule has 0 aromatic carbocycles. The summed E-state index contributed by atoms with van der Waals surface area (Å²) in [7, 11) is 0. The third-order valence-electron chi connectivity index (χ3n) is 5.49. The average Bonchev–Trinajstić information content (AvgIpc) is 2.82. The second kappa shape index (κ2) is 4.57. The van der Waals surface area contributed by atoms with E-state index in [1.54, 1.807) is 0 Å². The third kappa shape index (κ3) is 2.09. The van der Waals surface area contributed by atoms with Crippen LogP contribution in [0, 0.1) is 17.8 Å². The highest BCUT2D eigenvalue weighted by Gasteiger charge is 2.57. The molecule has 2 fully saturated rings. The van der Waals surface area contributed by atoms with Crippen molar-refractivity contribution in [1.82, 2.24) is 20.4 Å². The molecule has 2 N–H and O–H groups in total. The number of rotatable bonds is 3. The molecule has 1 saturated heterocycles. The summed E-state index contributed by atoms with van der Waals surface area (Å²) in [4.78, 5) is 12.5. The number of aryl methyl sites for hydroxylation is 1. The summed E-state index contributed by atoms with van der Waals surface area (Å²) in [5.41, 5.74) is 2.18. The van der Waals surface area contributed by atoms with Crippen LogP contribution < -0.4 is 10.6 Å². The van der Waals surface area contributed by atoms with Crippen molar-refractivity contribution in [2.45, 2.75) is 45.2 Å². The Morgan fingerprint density at radius 2 is 2.14 bits per heavy atom. The van der Waals surface area contributed by atoms with Crippen molar-refractivity contribution in [3.63, 3.8) is 0 Å². The molecule has 21 heavy (non-hydrogen) atoms. The highest BCUT2D eigenvalue weighted by Crippen LogP contribution is 2.49. The van der Waals surface area contributed by atoms with Crippen LogP contribution in [0.4, 0.5) is 0 Å². The van der Waals surface area contributed by atoms with E-state index in [0.29, 0.717) is 11.8 Å². The summed E-state index contributed by atoms with van der Waals surface area (Å²) in [6, 6.07) is 0. The standard InChI is InChI=1S/C16H24N4O/c1-16(2,12-9-18-20-6-4-3-5-13(12)20)19-15(21)14-10-7-17-8-11(10)14/h9-11,14,17H,3-8H2,1-2H3,(H,19,21)/t10-,11?,14?/m1/s1. The number of fused-ring (bicyclic) bond motifs is 2. The van der Waals surface area contributed by atoms with Crippen LogP contribution in [0.25, 0.3) is 0 Å². The zero-order valence-electron chi connectivity index (χ0n) is 12.9. The van der Waals surface area contributed by atoms with Crippen molar-refractivity contribution in [2.75, 3.05) is 13.1 Å². The molecule has 3 heterocycles. The smallest absolute Gasteiger partial charge is 0.224 e. The Balaban J connectivity index is 1.51. The predicted octanol–water partition coefficient (Wildman–Crippen LogP) is 1.04. The van der Waals surface area contributed by atoms with E-state index in [4.69, 9.17) is 0 Å². The van der Waals surface area contributed by atoms with Crippen LogP contribution in [0.15, 0.2) is 6.20 Å². The van der Waals surface area contributed by atoms with Crippen LogP contribution in [0.2, 0.25) is 0 Å². The Morgan fingerprint density at radius 1 is 1.38 bits per heavy atom. The average molecular weight is 288 g/mol. The number of amides is 1. The number of nitrogens with zero attached hydrogens (tertiary/aromatic N) is 2. The number of hydrogen-bond donors (Lipinski definition) is 2. The fraction of sp³-hybridized carbons (Fsp3) is 0.750. The highest BCUT2D eigenvalue weighted by molar-refractivity contribution is 5.83. The van der Waals surface area contributed by atoms with Crippen LogP contribution in [0.1, 0.15) is 37.9 Å². The lowest BCUT2D eigenvalue weighted by atomic mass is 9.91. The van der Waals surface area contributed by atoms with E-state index >= 15 is 0 Å². The van der Waals surface area contributed by atoms with Crippen molar-refractivity contribution < 1.29 is 4.79 Å². The van der Waals surface area contributed by atoms with Crippen LogP contribution >= 0.6 is 0 Å². The van der Waals surface area contributed by atoms with Gasteiger partial charge in [-0.15, -0.1) is 0 Å². The number of aromatic nitrogens is 2. The molecular formula is C16H24N4O. The molecule has 1 aromatic rings. The molecule has 4 rings (SSSR count). The molecule has 1 aromatic heterocycles. The lowest BCUT2D eigenvalue weighted by Gasteiger charge is -2.28. The topological polar surface area (TPSA) is 59.0 Å². The van der Waals surface area contributed by atoms with E-state index in [1.165, 1.54) is 24.1 Å². The molecule has 1 aliphatic carbocycles. The third-order valence-corrected chi connectivity index (χ3v) is 5.49. The molecule has 0 spiro atoms. The summed E-state index contributed by atoms with van der Waals surface area (Å²) in [5, 5.41) is 11.1. The molecule has 5 nitrogen and oxygen atoms in total. The number of carbonyl (C=O) groups excluding carboxylic acids is 1. The van der Waals surface area contributed by atoms with Gasteiger partial charge in [0.25, 0.3) is 0 Å². The quantitative estimate of drug-likeness (QED) is 0.873. The summed E-state index contributed by atoms with van der Waals surface area (Å²) >= 11 is 0. The van der Waals surface area contributed by atoms with Gasteiger partial charge in [-0.2, -0.15) is 5.10 Å². The maximum Gasteiger partial charge on any atom is 0.224 e. The first kappa shape index (κ1) is 13.3. The van der Waals surface area contributed by atoms with Crippen molar-refractivity contribution in [3.05, 3.63) is 17.5 Å². The molecule has 2 unspecified atom stereocenters. The fourth-order valence-electron chi connectivity index (χ4n) is 4.21. The zero-order chi connectivity index (χ0) is 14.6. The number of carbonyl (C=O) groups is 1. The van der Waals surface area contributed by atoms with Gasteiger partial charge in [0.2, 0.25) is 5.91 Å². The lowest BCUT2D eigenvalue weighted by molar-refractivity contribution is -0.124. The number of nitrogens with one attached hydrogen (secondary N) is 2. The Kier molecular flexibility index (Phi) is 2.89. The zero-order valence-corrected chi connectivity index (χ0v) is 12.9. The van der Waals surface area contributed by atoms with Crippen molar-refractivity contribution in [2.24, 2.45) is 17.8 Å². The van der Waals surface area contributed by atoms with E-state index in [0.717, 1.165) is 26.1 Å². The monoisotopic (exact) mass is 288 g/mol. The highest BCUT2D eigenvalue weighted by atomic mass is 16.2. The predicted molar refractivity (Wildman–Crippen MR) is 79.7 cm³/mol. The van der Waals surface area contributed by atoms with Gasteiger partial charge in [-0.05, 0) is 58.0 Å². The van der Waals surface area contributed by atoms with Gasteiger partial charge in [0.15, 0.2) is 0 Å². The van der Waals surface area contributed by atoms with E-state index in [-0.39, 0.29) is 17.4 Å². The number of piperidine rings is 1. The van der Waals surface area contributed by atoms with E-state index in [1.807, 2.05) is 6.20 Å². The molecule has 1 amide bonds. The van der Waals surface area contributed by atoms with E-state index < -0.39 is 0 Å². The normalized spacial score (nSPS) is 30.7. The van der Waals surface area contributed by atoms with Gasteiger partial charge in [-0.1, -0.05) is 0 Å². The minimum atomic E-state index is -0.327. The van der Waals surface area contributed by atoms with Crippen LogP contribution in [-0.4, -0.2) is 28.8 Å². The largest absolute Gasteiger partial charge is 0.347 e. The lowest BCUT2D eigenvalue weighted by Crippen LogP contribution is -2.43. The number of hydrogen-bond acceptors (Lipinski definition) is 3. The van der Waals surface area contributed by atoms with Gasteiger partial charge in [0, 0.05) is 23.7 Å². The Bertz CT molecular complexity index is 567. The minimum Gasteiger partial charge on any atom is -0.347 e. The van der Waals surface area contributed by atoms with E-state index in [9.17, 15) is 4.79 Å². The molecule has 5 heteroatoms. The Morgan fingerprint density at radius 3 is 2.90 bits per heavy atom. The first-order valence-electron chi connectivity index (χ1n) is 8.16. The molecule has 2 aliphatic heterocycles. The molecule has 0 bridgehead atoms. The molecular weight excluding hydrogens is 264 g/mol. The SMILES string of the molecule is CC(C)(NC(=O)C1C2CNC[C@H]21)c1cnn2c1CCCC2. The van der Waals surface area contributed by atoms with Gasteiger partial charge < -0.3 is 10.6 Å². The van der Waals surface area contributed by atoms with Crippen LogP contribution in [-0.2, 0) is 23.3 Å². The Labute approximate surface area is 125 Å². The maximum atomic E-state index is 12.5. The first-order valence-corrected chi connectivity index (χ1v) is 8.16. The molecule has 0 radical (unpaired) electrons. The maximum absolute atomic E-state index is 12.5. The van der Waals surface area contributed by atoms with Crippen LogP contribution in [0.5, 0.6) is 0 Å². The van der Waals surface area contributed by atoms with Crippen LogP contribution in [0.3, 0.4) is 0 Å². The molecule has 1 saturated carbocycles.